The van der Waals surface area contributed by atoms with Gasteiger partial charge in [-0.15, -0.1) is 0 Å². The van der Waals surface area contributed by atoms with E-state index < -0.39 is 0 Å². The molecule has 1 saturated heterocycles. The average molecular weight is 165 g/mol. The Morgan fingerprint density at radius 1 is 1.33 bits per heavy atom. The average Bonchev–Trinajstić information content (AvgIpc) is 2.44. The Hall–Kier alpha value is -0.800. The molecule has 0 spiro atoms. The number of hydrogen-bond acceptors (Lipinski definition) is 2. The highest BCUT2D eigenvalue weighted by Crippen LogP contribution is 2.11. The van der Waals surface area contributed by atoms with E-state index in [0.717, 1.165) is 12.2 Å². The predicted molar refractivity (Wildman–Crippen MR) is 48.6 cm³/mol. The quantitative estimate of drug-likeness (QED) is 0.691. The van der Waals surface area contributed by atoms with Crippen LogP contribution in [0.3, 0.4) is 0 Å². The summed E-state index contributed by atoms with van der Waals surface area (Å²) >= 11 is 0. The van der Waals surface area contributed by atoms with Crippen LogP contribution in [0.4, 0.5) is 0 Å². The van der Waals surface area contributed by atoms with E-state index >= 15 is 0 Å². The summed E-state index contributed by atoms with van der Waals surface area (Å²) < 4.78 is 0. The molecule has 3 N–H and O–H groups in total. The number of H-pyrrole nitrogens is 1. The molecule has 3 nitrogen and oxygen atoms in total. The Morgan fingerprint density at radius 2 is 2.08 bits per heavy atom. The van der Waals surface area contributed by atoms with Crippen molar-refractivity contribution in [3.63, 3.8) is 0 Å². The first kappa shape index (κ1) is 7.83. The third-order valence-corrected chi connectivity index (χ3v) is 2.37. The van der Waals surface area contributed by atoms with E-state index in [1.165, 1.54) is 25.2 Å². The fourth-order valence-electron chi connectivity index (χ4n) is 1.48. The number of aromatic amines is 1. The van der Waals surface area contributed by atoms with E-state index in [2.05, 4.69) is 22.0 Å². The molecule has 1 aliphatic heterocycles. The van der Waals surface area contributed by atoms with Gasteiger partial charge in [-0.25, -0.2) is 0 Å². The maximum Gasteiger partial charge on any atom is 0.0385 e. The van der Waals surface area contributed by atoms with Crippen LogP contribution in [-0.4, -0.2) is 23.0 Å². The molecule has 2 rings (SSSR count). The number of rotatable bonds is 3. The largest absolute Gasteiger partial charge is 0.360 e. The van der Waals surface area contributed by atoms with Crippen LogP contribution in [0, 0.1) is 0 Å². The van der Waals surface area contributed by atoms with Crippen molar-refractivity contribution in [3.8, 4) is 0 Å². The lowest BCUT2D eigenvalue weighted by Crippen LogP contribution is -2.36. The third kappa shape index (κ3) is 1.52. The molecule has 0 unspecified atom stereocenters. The first-order valence-electron chi connectivity index (χ1n) is 4.47. The zero-order chi connectivity index (χ0) is 8.39. The van der Waals surface area contributed by atoms with E-state index in [9.17, 15) is 0 Å². The highest BCUT2D eigenvalue weighted by Gasteiger charge is 2.13. The van der Waals surface area contributed by atoms with Crippen LogP contribution in [0.15, 0.2) is 12.1 Å². The second kappa shape index (κ2) is 3.29. The summed E-state index contributed by atoms with van der Waals surface area (Å²) in [7, 11) is 0. The normalized spacial score (nSPS) is 17.8. The summed E-state index contributed by atoms with van der Waals surface area (Å²) in [5.74, 6) is 0. The SMILES string of the molecule is NCc1ccc(CN2CCC2)[nH]1. The number of hydrogen-bond donors (Lipinski definition) is 2. The van der Waals surface area contributed by atoms with Gasteiger partial charge in [0, 0.05) is 24.5 Å². The molecular weight excluding hydrogens is 150 g/mol. The Morgan fingerprint density at radius 3 is 2.58 bits per heavy atom. The molecule has 0 atom stereocenters. The van der Waals surface area contributed by atoms with Crippen molar-refractivity contribution < 1.29 is 0 Å². The molecule has 0 aromatic carbocycles. The van der Waals surface area contributed by atoms with Gasteiger partial charge in [-0.1, -0.05) is 0 Å². The van der Waals surface area contributed by atoms with Crippen molar-refractivity contribution in [1.29, 1.82) is 0 Å². The van der Waals surface area contributed by atoms with E-state index in [1.807, 2.05) is 0 Å². The molecule has 3 heteroatoms. The zero-order valence-corrected chi connectivity index (χ0v) is 7.21. The van der Waals surface area contributed by atoms with Gasteiger partial charge in [-0.3, -0.25) is 4.90 Å². The Kier molecular flexibility index (Phi) is 2.15. The standard InChI is InChI=1S/C9H15N3/c10-6-8-2-3-9(11-8)7-12-4-1-5-12/h2-3,11H,1,4-7,10H2. The van der Waals surface area contributed by atoms with Gasteiger partial charge in [0.25, 0.3) is 0 Å². The molecule has 0 amide bonds. The van der Waals surface area contributed by atoms with Crippen molar-refractivity contribution in [2.45, 2.75) is 19.5 Å². The fraction of sp³-hybridized carbons (Fsp3) is 0.556. The second-order valence-electron chi connectivity index (χ2n) is 3.34. The van der Waals surface area contributed by atoms with Crippen LogP contribution < -0.4 is 5.73 Å². The predicted octanol–water partition coefficient (Wildman–Crippen LogP) is 0.679. The molecule has 1 aromatic rings. The Labute approximate surface area is 72.6 Å². The maximum absolute atomic E-state index is 5.50. The van der Waals surface area contributed by atoms with Gasteiger partial charge >= 0.3 is 0 Å². The summed E-state index contributed by atoms with van der Waals surface area (Å²) in [6, 6.07) is 4.19. The van der Waals surface area contributed by atoms with Crippen LogP contribution in [0.2, 0.25) is 0 Å². The smallest absolute Gasteiger partial charge is 0.0385 e. The molecule has 1 aromatic heterocycles. The van der Waals surface area contributed by atoms with Crippen LogP contribution >= 0.6 is 0 Å². The third-order valence-electron chi connectivity index (χ3n) is 2.37. The van der Waals surface area contributed by atoms with Crippen LogP contribution in [0.25, 0.3) is 0 Å². The van der Waals surface area contributed by atoms with E-state index in [4.69, 9.17) is 5.73 Å². The van der Waals surface area contributed by atoms with Gasteiger partial charge in [-0.2, -0.15) is 0 Å². The van der Waals surface area contributed by atoms with Gasteiger partial charge in [0.1, 0.15) is 0 Å². The molecule has 2 heterocycles. The van der Waals surface area contributed by atoms with Crippen molar-refractivity contribution in [1.82, 2.24) is 9.88 Å². The van der Waals surface area contributed by atoms with E-state index in [-0.39, 0.29) is 0 Å². The topological polar surface area (TPSA) is 45.0 Å². The molecule has 1 aliphatic rings. The summed E-state index contributed by atoms with van der Waals surface area (Å²) in [6.07, 6.45) is 1.35. The Bertz CT molecular complexity index is 250. The first-order chi connectivity index (χ1) is 5.88. The maximum atomic E-state index is 5.50. The monoisotopic (exact) mass is 165 g/mol. The van der Waals surface area contributed by atoms with Crippen LogP contribution in [0.5, 0.6) is 0 Å². The number of nitrogens with two attached hydrogens (primary N) is 1. The van der Waals surface area contributed by atoms with E-state index in [0.29, 0.717) is 6.54 Å². The van der Waals surface area contributed by atoms with Gasteiger partial charge in [0.05, 0.1) is 0 Å². The van der Waals surface area contributed by atoms with Gasteiger partial charge in [0.2, 0.25) is 0 Å². The highest BCUT2D eigenvalue weighted by atomic mass is 15.2. The lowest BCUT2D eigenvalue weighted by atomic mass is 10.2. The number of likely N-dealkylation sites (tertiary alicyclic amines) is 1. The minimum atomic E-state index is 0.611. The van der Waals surface area contributed by atoms with Crippen molar-refractivity contribution >= 4 is 0 Å². The minimum absolute atomic E-state index is 0.611. The molecule has 0 bridgehead atoms. The highest BCUT2D eigenvalue weighted by molar-refractivity contribution is 5.12. The number of nitrogens with one attached hydrogen (secondary N) is 1. The minimum Gasteiger partial charge on any atom is -0.360 e. The molecule has 1 fully saturated rings. The summed E-state index contributed by atoms with van der Waals surface area (Å²) in [6.45, 7) is 4.16. The van der Waals surface area contributed by atoms with Gasteiger partial charge in [0.15, 0.2) is 0 Å². The lowest BCUT2D eigenvalue weighted by molar-refractivity contribution is 0.170. The van der Waals surface area contributed by atoms with Gasteiger partial charge < -0.3 is 10.7 Å². The van der Waals surface area contributed by atoms with Crippen LogP contribution in [0.1, 0.15) is 17.8 Å². The number of nitrogens with zero attached hydrogens (tertiary/aromatic N) is 1. The zero-order valence-electron chi connectivity index (χ0n) is 7.21. The molecular formula is C9H15N3. The fourth-order valence-corrected chi connectivity index (χ4v) is 1.48. The van der Waals surface area contributed by atoms with E-state index in [1.54, 1.807) is 0 Å². The van der Waals surface area contributed by atoms with Crippen molar-refractivity contribution in [2.75, 3.05) is 13.1 Å². The lowest BCUT2D eigenvalue weighted by Gasteiger charge is -2.30. The Balaban J connectivity index is 1.93. The molecule has 0 radical (unpaired) electrons. The second-order valence-corrected chi connectivity index (χ2v) is 3.34. The molecule has 0 aliphatic carbocycles. The first-order valence-corrected chi connectivity index (χ1v) is 4.47. The van der Waals surface area contributed by atoms with Crippen LogP contribution in [-0.2, 0) is 13.1 Å². The number of aromatic nitrogens is 1. The summed E-state index contributed by atoms with van der Waals surface area (Å²) in [5.41, 5.74) is 7.91. The van der Waals surface area contributed by atoms with Crippen molar-refractivity contribution in [3.05, 3.63) is 23.5 Å². The summed E-state index contributed by atoms with van der Waals surface area (Å²) in [5, 5.41) is 0. The summed E-state index contributed by atoms with van der Waals surface area (Å²) in [4.78, 5) is 5.72. The van der Waals surface area contributed by atoms with Crippen molar-refractivity contribution in [2.24, 2.45) is 5.73 Å². The van der Waals surface area contributed by atoms with Gasteiger partial charge in [-0.05, 0) is 31.6 Å². The molecule has 12 heavy (non-hydrogen) atoms. The molecule has 0 saturated carbocycles. The molecule has 66 valence electrons.